The van der Waals surface area contributed by atoms with E-state index in [2.05, 4.69) is 10.3 Å². The Hall–Kier alpha value is -2.45. The van der Waals surface area contributed by atoms with E-state index in [1.165, 1.54) is 12.1 Å². The Labute approximate surface area is 103 Å². The first kappa shape index (κ1) is 13.0. The summed E-state index contributed by atoms with van der Waals surface area (Å²) in [6, 6.07) is 4.53. The van der Waals surface area contributed by atoms with Gasteiger partial charge in [-0.05, 0) is 12.1 Å². The number of hydrogen-bond acceptors (Lipinski definition) is 3. The predicted octanol–water partition coefficient (Wildman–Crippen LogP) is 2.12. The molecule has 0 saturated carbocycles. The molecule has 19 heavy (non-hydrogen) atoms. The minimum atomic E-state index is -5.03. The van der Waals surface area contributed by atoms with Crippen molar-refractivity contribution in [3.05, 3.63) is 41.5 Å². The number of rotatable bonds is 2. The molecule has 0 aliphatic rings. The Morgan fingerprint density at radius 1 is 1.26 bits per heavy atom. The topological polar surface area (TPSA) is 68.0 Å². The number of aromatic carboxylic acids is 1. The van der Waals surface area contributed by atoms with Gasteiger partial charge in [0.2, 0.25) is 5.69 Å². The number of benzene rings is 1. The van der Waals surface area contributed by atoms with Crippen molar-refractivity contribution in [3.8, 4) is 5.69 Å². The lowest BCUT2D eigenvalue weighted by molar-refractivity contribution is -0.143. The molecule has 5 nitrogen and oxygen atoms in total. The lowest BCUT2D eigenvalue weighted by Crippen LogP contribution is -2.18. The minimum Gasteiger partial charge on any atom is -0.476 e. The Bertz CT molecular complexity index is 636. The molecule has 0 radical (unpaired) electrons. The van der Waals surface area contributed by atoms with Gasteiger partial charge in [0.1, 0.15) is 11.5 Å². The zero-order valence-electron chi connectivity index (χ0n) is 9.02. The Morgan fingerprint density at radius 3 is 2.42 bits per heavy atom. The summed E-state index contributed by atoms with van der Waals surface area (Å²) >= 11 is 0. The highest BCUT2D eigenvalue weighted by Gasteiger charge is 2.42. The Kier molecular flexibility index (Phi) is 2.97. The molecule has 0 amide bonds. The largest absolute Gasteiger partial charge is 0.476 e. The molecule has 0 unspecified atom stereocenters. The van der Waals surface area contributed by atoms with Crippen LogP contribution in [0, 0.1) is 5.82 Å². The number of aromatic nitrogens is 3. The van der Waals surface area contributed by atoms with E-state index in [0.717, 1.165) is 12.1 Å². The number of carboxylic acid groups (broad SMARTS) is 1. The van der Waals surface area contributed by atoms with Crippen molar-refractivity contribution in [3.63, 3.8) is 0 Å². The van der Waals surface area contributed by atoms with Gasteiger partial charge >= 0.3 is 12.1 Å². The number of carbonyl (C=O) groups is 1. The van der Waals surface area contributed by atoms with Crippen LogP contribution in [-0.2, 0) is 6.18 Å². The zero-order valence-corrected chi connectivity index (χ0v) is 9.02. The fraction of sp³-hybridized carbons (Fsp3) is 0.100. The molecule has 0 fully saturated rings. The van der Waals surface area contributed by atoms with Crippen LogP contribution in [0.5, 0.6) is 0 Å². The van der Waals surface area contributed by atoms with Crippen LogP contribution in [0.3, 0.4) is 0 Å². The van der Waals surface area contributed by atoms with Crippen LogP contribution in [0.1, 0.15) is 16.2 Å². The van der Waals surface area contributed by atoms with Gasteiger partial charge in [-0.3, -0.25) is 0 Å². The number of para-hydroxylation sites is 1. The van der Waals surface area contributed by atoms with Crippen LogP contribution in [0.15, 0.2) is 24.3 Å². The maximum Gasteiger partial charge on any atom is 0.436 e. The summed E-state index contributed by atoms with van der Waals surface area (Å²) < 4.78 is 52.1. The molecule has 0 aliphatic heterocycles. The van der Waals surface area contributed by atoms with E-state index in [-0.39, 0.29) is 4.68 Å². The molecule has 9 heteroatoms. The molecule has 0 spiro atoms. The second-order valence-corrected chi connectivity index (χ2v) is 3.45. The van der Waals surface area contributed by atoms with Gasteiger partial charge < -0.3 is 5.11 Å². The Morgan fingerprint density at radius 2 is 1.89 bits per heavy atom. The van der Waals surface area contributed by atoms with Crippen LogP contribution < -0.4 is 0 Å². The number of alkyl halides is 3. The van der Waals surface area contributed by atoms with Crippen LogP contribution >= 0.6 is 0 Å². The summed E-state index contributed by atoms with van der Waals surface area (Å²) in [6.07, 6.45) is -5.03. The highest BCUT2D eigenvalue weighted by Crippen LogP contribution is 2.33. The normalized spacial score (nSPS) is 11.6. The van der Waals surface area contributed by atoms with Gasteiger partial charge in [0.05, 0.1) is 0 Å². The van der Waals surface area contributed by atoms with Gasteiger partial charge in [-0.15, -0.1) is 5.10 Å². The minimum absolute atomic E-state index is 0.124. The molecular weight excluding hydrogens is 270 g/mol. The average Bonchev–Trinajstić information content (AvgIpc) is 2.73. The first-order valence-electron chi connectivity index (χ1n) is 4.83. The van der Waals surface area contributed by atoms with Crippen LogP contribution in [-0.4, -0.2) is 26.1 Å². The van der Waals surface area contributed by atoms with Crippen molar-refractivity contribution in [2.24, 2.45) is 0 Å². The first-order chi connectivity index (χ1) is 8.82. The van der Waals surface area contributed by atoms with Crippen LogP contribution in [0.2, 0.25) is 0 Å². The quantitative estimate of drug-likeness (QED) is 0.852. The van der Waals surface area contributed by atoms with Crippen molar-refractivity contribution >= 4 is 5.97 Å². The molecule has 0 atom stereocenters. The summed E-state index contributed by atoms with van der Waals surface area (Å²) in [5.74, 6) is -2.87. The molecule has 1 aromatic heterocycles. The molecule has 0 bridgehead atoms. The summed E-state index contributed by atoms with van der Waals surface area (Å²) in [5.41, 5.74) is -3.45. The molecule has 0 aliphatic carbocycles. The fourth-order valence-electron chi connectivity index (χ4n) is 1.47. The lowest BCUT2D eigenvalue weighted by atomic mass is 10.2. The van der Waals surface area contributed by atoms with E-state index in [4.69, 9.17) is 5.11 Å². The fourth-order valence-corrected chi connectivity index (χ4v) is 1.47. The van der Waals surface area contributed by atoms with Gasteiger partial charge in [0.25, 0.3) is 0 Å². The van der Waals surface area contributed by atoms with Crippen LogP contribution in [0.4, 0.5) is 17.6 Å². The van der Waals surface area contributed by atoms with E-state index >= 15 is 0 Å². The first-order valence-corrected chi connectivity index (χ1v) is 4.83. The van der Waals surface area contributed by atoms with Gasteiger partial charge in [0, 0.05) is 0 Å². The molecule has 2 aromatic rings. The third-order valence-corrected chi connectivity index (χ3v) is 2.22. The van der Waals surface area contributed by atoms with E-state index < -0.39 is 35.0 Å². The third-order valence-electron chi connectivity index (χ3n) is 2.22. The zero-order chi connectivity index (χ0) is 14.2. The van der Waals surface area contributed by atoms with Crippen LogP contribution in [0.25, 0.3) is 5.69 Å². The number of carboxylic acids is 1. The van der Waals surface area contributed by atoms with Gasteiger partial charge in [-0.1, -0.05) is 17.3 Å². The molecule has 2 rings (SSSR count). The van der Waals surface area contributed by atoms with E-state index in [9.17, 15) is 22.4 Å². The van der Waals surface area contributed by atoms with Gasteiger partial charge in [0.15, 0.2) is 5.69 Å². The molecule has 1 aromatic carbocycles. The van der Waals surface area contributed by atoms with E-state index in [0.29, 0.717) is 0 Å². The van der Waals surface area contributed by atoms with Crippen molar-refractivity contribution in [2.45, 2.75) is 6.18 Å². The van der Waals surface area contributed by atoms with Crippen molar-refractivity contribution in [2.75, 3.05) is 0 Å². The maximum absolute atomic E-state index is 13.5. The molecule has 1 N–H and O–H groups in total. The SMILES string of the molecule is O=C(O)c1nnn(-c2ccccc2F)c1C(F)(F)F. The highest BCUT2D eigenvalue weighted by atomic mass is 19.4. The highest BCUT2D eigenvalue weighted by molar-refractivity contribution is 5.86. The smallest absolute Gasteiger partial charge is 0.436 e. The third kappa shape index (κ3) is 2.26. The standard InChI is InChI=1S/C10H5F4N3O2/c11-5-3-1-2-4-6(5)17-8(10(12,13)14)7(9(18)19)15-16-17/h1-4H,(H,18,19). The second-order valence-electron chi connectivity index (χ2n) is 3.45. The van der Waals surface area contributed by atoms with Gasteiger partial charge in [-0.25, -0.2) is 13.9 Å². The maximum atomic E-state index is 13.5. The monoisotopic (exact) mass is 275 g/mol. The molecule has 1 heterocycles. The summed E-state index contributed by atoms with van der Waals surface area (Å²) in [4.78, 5) is 10.7. The van der Waals surface area contributed by atoms with E-state index in [1.807, 2.05) is 0 Å². The Balaban J connectivity index is 2.73. The van der Waals surface area contributed by atoms with Gasteiger partial charge in [-0.2, -0.15) is 13.2 Å². The number of halogens is 4. The lowest BCUT2D eigenvalue weighted by Gasteiger charge is -2.10. The van der Waals surface area contributed by atoms with Crippen molar-refractivity contribution in [1.82, 2.24) is 15.0 Å². The number of hydrogen-bond donors (Lipinski definition) is 1. The number of nitrogens with zero attached hydrogens (tertiary/aromatic N) is 3. The summed E-state index contributed by atoms with van der Waals surface area (Å²) in [7, 11) is 0. The van der Waals surface area contributed by atoms with Crippen molar-refractivity contribution in [1.29, 1.82) is 0 Å². The summed E-state index contributed by atoms with van der Waals surface area (Å²) in [6.45, 7) is 0. The molecular formula is C10H5F4N3O2. The van der Waals surface area contributed by atoms with E-state index in [1.54, 1.807) is 0 Å². The average molecular weight is 275 g/mol. The second kappa shape index (κ2) is 4.34. The molecule has 0 saturated heterocycles. The summed E-state index contributed by atoms with van der Waals surface area (Å²) in [5, 5.41) is 14.6. The molecule has 100 valence electrons. The van der Waals surface area contributed by atoms with Crippen molar-refractivity contribution < 1.29 is 27.5 Å². The predicted molar refractivity (Wildman–Crippen MR) is 53.3 cm³/mol.